The van der Waals surface area contributed by atoms with Crippen LogP contribution in [0.2, 0.25) is 0 Å². The molecule has 1 heterocycles. The van der Waals surface area contributed by atoms with E-state index in [0.717, 1.165) is 0 Å². The van der Waals surface area contributed by atoms with Gasteiger partial charge in [-0.1, -0.05) is 6.42 Å². The van der Waals surface area contributed by atoms with Crippen molar-refractivity contribution in [1.82, 2.24) is 15.4 Å². The van der Waals surface area contributed by atoms with Crippen molar-refractivity contribution in [2.24, 2.45) is 0 Å². The number of aromatic amines is 1. The number of nitrogens with zero attached hydrogens (tertiary/aromatic N) is 2. The molecule has 12 heavy (non-hydrogen) atoms. The molecule has 0 saturated carbocycles. The van der Waals surface area contributed by atoms with Crippen LogP contribution < -0.4 is 0 Å². The van der Waals surface area contributed by atoms with E-state index >= 15 is 0 Å². The van der Waals surface area contributed by atoms with E-state index in [0.29, 0.717) is 0 Å². The molecule has 73 valence electrons. The molecule has 0 spiro atoms. The van der Waals surface area contributed by atoms with E-state index < -0.39 is 5.97 Å². The van der Waals surface area contributed by atoms with Crippen molar-refractivity contribution in [3.8, 4) is 0 Å². The minimum Gasteiger partial charge on any atom is -0.352 e. The van der Waals surface area contributed by atoms with Crippen LogP contribution in [0.15, 0.2) is 6.20 Å². The van der Waals surface area contributed by atoms with Gasteiger partial charge in [-0.3, -0.25) is 0 Å². The summed E-state index contributed by atoms with van der Waals surface area (Å²) in [7, 11) is 0. The first kappa shape index (κ1) is 14.1. The Kier molecular flexibility index (Phi) is 8.45. The monoisotopic (exact) mass is 222 g/mol. The summed E-state index contributed by atoms with van der Waals surface area (Å²) >= 11 is 0. The van der Waals surface area contributed by atoms with Crippen molar-refractivity contribution in [1.29, 1.82) is 0 Å². The summed E-state index contributed by atoms with van der Waals surface area (Å²) in [5.74, 6) is -2.57. The summed E-state index contributed by atoms with van der Waals surface area (Å²) in [5.41, 5.74) is 0. The molecule has 0 fully saturated rings. The van der Waals surface area contributed by atoms with Crippen molar-refractivity contribution in [2.75, 3.05) is 0 Å². The van der Waals surface area contributed by atoms with Gasteiger partial charge in [-0.2, -0.15) is 0 Å². The van der Waals surface area contributed by atoms with Crippen LogP contribution in [-0.4, -0.2) is 36.7 Å². The summed E-state index contributed by atoms with van der Waals surface area (Å²) in [5, 5.41) is 32.7. The van der Waals surface area contributed by atoms with Gasteiger partial charge in [0.15, 0.2) is 0 Å². The zero-order valence-corrected chi connectivity index (χ0v) is 6.97. The van der Waals surface area contributed by atoms with Crippen LogP contribution in [0, 0.1) is 13.1 Å². The van der Waals surface area contributed by atoms with Gasteiger partial charge in [0.2, 0.25) is 5.97 Å². The van der Waals surface area contributed by atoms with Gasteiger partial charge in [-0.25, -0.2) is 0 Å². The number of hydrogen-bond donors (Lipinski definition) is 4. The van der Waals surface area contributed by atoms with Gasteiger partial charge < -0.3 is 38.6 Å². The van der Waals surface area contributed by atoms with Crippen molar-refractivity contribution in [3.05, 3.63) is 19.3 Å². The van der Waals surface area contributed by atoms with E-state index in [2.05, 4.69) is 28.5 Å². The molecule has 1 rings (SSSR count). The maximum absolute atomic E-state index is 7.88. The predicted octanol–water partition coefficient (Wildman–Crippen LogP) is -1.56. The zero-order valence-electron chi connectivity index (χ0n) is 6.03. The number of aromatic nitrogens is 3. The Bertz CT molecular complexity index is 146. The predicted molar refractivity (Wildman–Crippen MR) is 34.6 cm³/mol. The molecular formula is C5H9CuN3O3. The summed E-state index contributed by atoms with van der Waals surface area (Å²) < 4.78 is 0. The van der Waals surface area contributed by atoms with Gasteiger partial charge >= 0.3 is 17.1 Å². The van der Waals surface area contributed by atoms with Crippen LogP contribution in [0.4, 0.5) is 0 Å². The largest absolute Gasteiger partial charge is 2.00 e. The molecule has 0 aliphatic heterocycles. The standard InChI is InChI=1S/C3H7O3.C2H2N3.Cu/c1-2-3(4,5)6;1-2-4-5-3-1;/h4-6H,1-2H2;1H,(H,3,4,5);/q2*-1;+2. The number of rotatable bonds is 1. The number of aliphatic hydroxyl groups is 3. The summed E-state index contributed by atoms with van der Waals surface area (Å²) in [6.45, 7) is 3.01. The second-order valence-corrected chi connectivity index (χ2v) is 1.63. The van der Waals surface area contributed by atoms with Crippen LogP contribution in [0.5, 0.6) is 0 Å². The number of H-pyrrole nitrogens is 1. The average Bonchev–Trinajstić information content (AvgIpc) is 2.41. The molecule has 0 aliphatic carbocycles. The first-order chi connectivity index (χ1) is 5.06. The minimum atomic E-state index is -2.57. The Morgan fingerprint density at radius 2 is 2.00 bits per heavy atom. The van der Waals surface area contributed by atoms with Gasteiger partial charge in [0.05, 0.1) is 0 Å². The molecule has 0 unspecified atom stereocenters. The molecule has 1 aromatic heterocycles. The van der Waals surface area contributed by atoms with Gasteiger partial charge in [-0.05, 0) is 0 Å². The second kappa shape index (κ2) is 7.20. The van der Waals surface area contributed by atoms with E-state index in [-0.39, 0.29) is 23.5 Å². The van der Waals surface area contributed by atoms with Gasteiger partial charge in [0.1, 0.15) is 0 Å². The molecule has 1 aromatic rings. The molecule has 0 amide bonds. The van der Waals surface area contributed by atoms with Crippen molar-refractivity contribution >= 4 is 0 Å². The Morgan fingerprint density at radius 1 is 1.50 bits per heavy atom. The average molecular weight is 223 g/mol. The molecule has 6 nitrogen and oxygen atoms in total. The molecule has 1 radical (unpaired) electrons. The van der Waals surface area contributed by atoms with Gasteiger partial charge in [-0.15, -0.1) is 11.4 Å². The topological polar surface area (TPSA) is 102 Å². The molecular weight excluding hydrogens is 214 g/mol. The van der Waals surface area contributed by atoms with Crippen molar-refractivity contribution < 1.29 is 32.4 Å². The smallest absolute Gasteiger partial charge is 0.352 e. The zero-order chi connectivity index (χ0) is 8.74. The van der Waals surface area contributed by atoms with Crippen molar-refractivity contribution in [2.45, 2.75) is 12.4 Å². The third kappa shape index (κ3) is 12.2. The third-order valence-electron chi connectivity index (χ3n) is 0.630. The van der Waals surface area contributed by atoms with Crippen LogP contribution in [0.3, 0.4) is 0 Å². The molecule has 0 aromatic carbocycles. The fourth-order valence-corrected chi connectivity index (χ4v) is 0.144. The first-order valence-corrected chi connectivity index (χ1v) is 2.75. The molecule has 7 heteroatoms. The Labute approximate surface area is 80.1 Å². The molecule has 0 saturated heterocycles. The van der Waals surface area contributed by atoms with Gasteiger partial charge in [0.25, 0.3) is 0 Å². The van der Waals surface area contributed by atoms with E-state index in [1.165, 1.54) is 6.20 Å². The number of hydrogen-bond acceptors (Lipinski definition) is 5. The summed E-state index contributed by atoms with van der Waals surface area (Å²) in [4.78, 5) is 0. The Morgan fingerprint density at radius 3 is 2.08 bits per heavy atom. The third-order valence-corrected chi connectivity index (χ3v) is 0.630. The fourth-order valence-electron chi connectivity index (χ4n) is 0.144. The first-order valence-electron chi connectivity index (χ1n) is 2.75. The SMILES string of the molecule is [CH2-]CC(O)(O)O.[Cu+2].[c-]1c[nH]nn1. The van der Waals surface area contributed by atoms with Crippen LogP contribution in [0.1, 0.15) is 6.42 Å². The number of nitrogens with one attached hydrogen (secondary N) is 1. The normalized spacial score (nSPS) is 9.33. The quantitative estimate of drug-likeness (QED) is 0.262. The molecule has 4 N–H and O–H groups in total. The van der Waals surface area contributed by atoms with E-state index in [9.17, 15) is 0 Å². The van der Waals surface area contributed by atoms with Crippen LogP contribution >= 0.6 is 0 Å². The van der Waals surface area contributed by atoms with E-state index in [1.807, 2.05) is 0 Å². The van der Waals surface area contributed by atoms with Crippen molar-refractivity contribution in [3.63, 3.8) is 0 Å². The van der Waals surface area contributed by atoms with Gasteiger partial charge in [0, 0.05) is 0 Å². The minimum absolute atomic E-state index is 0. The van der Waals surface area contributed by atoms with E-state index in [4.69, 9.17) is 15.3 Å². The van der Waals surface area contributed by atoms with E-state index in [1.54, 1.807) is 0 Å². The molecule has 0 bridgehead atoms. The maximum Gasteiger partial charge on any atom is 2.00 e. The Balaban J connectivity index is 0. The summed E-state index contributed by atoms with van der Waals surface area (Å²) in [6.07, 6.45) is 3.66. The maximum atomic E-state index is 7.88. The summed E-state index contributed by atoms with van der Waals surface area (Å²) in [6, 6.07) is 0. The Hall–Kier alpha value is -0.461. The van der Waals surface area contributed by atoms with Crippen LogP contribution in [0.25, 0.3) is 0 Å². The molecule has 0 atom stereocenters. The fraction of sp³-hybridized carbons (Fsp3) is 0.400. The van der Waals surface area contributed by atoms with Crippen LogP contribution in [-0.2, 0) is 17.1 Å². The second-order valence-electron chi connectivity index (χ2n) is 1.63. The molecule has 0 aliphatic rings.